The van der Waals surface area contributed by atoms with Gasteiger partial charge < -0.3 is 10.4 Å². The van der Waals surface area contributed by atoms with Crippen LogP contribution in [0.4, 0.5) is 0 Å². The highest BCUT2D eigenvalue weighted by Gasteiger charge is 2.36. The van der Waals surface area contributed by atoms with E-state index < -0.39 is 11.9 Å². The molecule has 2 aliphatic carbocycles. The molecule has 2 saturated carbocycles. The SMILES string of the molecule is CC(C(=O)N[C@H]1CCCCC[C@H]1C(=O)O)C1CC1. The van der Waals surface area contributed by atoms with Crippen molar-refractivity contribution < 1.29 is 14.7 Å². The molecule has 0 radical (unpaired) electrons. The standard InChI is InChI=1S/C14H23NO3/c1-9(10-7-8-10)13(16)15-12-6-4-2-3-5-11(12)14(17)18/h9-12H,2-8H2,1H3,(H,15,16)(H,17,18)/t9?,11-,12+/m1/s1. The Morgan fingerprint density at radius 2 is 1.78 bits per heavy atom. The maximum atomic E-state index is 12.1. The molecule has 2 fully saturated rings. The number of hydrogen-bond acceptors (Lipinski definition) is 2. The van der Waals surface area contributed by atoms with Crippen molar-refractivity contribution in [3.8, 4) is 0 Å². The van der Waals surface area contributed by atoms with Gasteiger partial charge in [-0.1, -0.05) is 26.2 Å². The van der Waals surface area contributed by atoms with Gasteiger partial charge in [-0.05, 0) is 31.6 Å². The van der Waals surface area contributed by atoms with Gasteiger partial charge in [0.1, 0.15) is 0 Å². The molecule has 18 heavy (non-hydrogen) atoms. The van der Waals surface area contributed by atoms with Crippen LogP contribution in [-0.2, 0) is 9.59 Å². The molecule has 0 heterocycles. The minimum Gasteiger partial charge on any atom is -0.481 e. The summed E-state index contributed by atoms with van der Waals surface area (Å²) in [6.07, 6.45) is 6.84. The fourth-order valence-corrected chi connectivity index (χ4v) is 2.90. The second kappa shape index (κ2) is 5.72. The summed E-state index contributed by atoms with van der Waals surface area (Å²) in [5.41, 5.74) is 0. The Bertz CT molecular complexity index is 325. The van der Waals surface area contributed by atoms with Crippen LogP contribution in [0.25, 0.3) is 0 Å². The average Bonchev–Trinajstić information content (AvgIpc) is 3.15. The molecular weight excluding hydrogens is 230 g/mol. The molecule has 0 saturated heterocycles. The van der Waals surface area contributed by atoms with E-state index in [2.05, 4.69) is 5.32 Å². The van der Waals surface area contributed by atoms with Crippen molar-refractivity contribution in [1.29, 1.82) is 0 Å². The molecule has 0 aliphatic heterocycles. The molecule has 102 valence electrons. The van der Waals surface area contributed by atoms with Gasteiger partial charge in [-0.2, -0.15) is 0 Å². The molecule has 4 heteroatoms. The van der Waals surface area contributed by atoms with Crippen LogP contribution >= 0.6 is 0 Å². The first-order chi connectivity index (χ1) is 8.59. The third-order valence-corrected chi connectivity index (χ3v) is 4.40. The molecule has 2 aliphatic rings. The van der Waals surface area contributed by atoms with Crippen molar-refractivity contribution in [3.05, 3.63) is 0 Å². The summed E-state index contributed by atoms with van der Waals surface area (Å²) in [5.74, 6) is -0.540. The van der Waals surface area contributed by atoms with Crippen molar-refractivity contribution in [2.24, 2.45) is 17.8 Å². The molecule has 4 nitrogen and oxygen atoms in total. The van der Waals surface area contributed by atoms with Gasteiger partial charge in [0.15, 0.2) is 0 Å². The maximum Gasteiger partial charge on any atom is 0.308 e. The number of amides is 1. The van der Waals surface area contributed by atoms with Crippen LogP contribution in [0.2, 0.25) is 0 Å². The first-order valence-electron chi connectivity index (χ1n) is 7.12. The van der Waals surface area contributed by atoms with Crippen molar-refractivity contribution in [1.82, 2.24) is 5.32 Å². The number of aliphatic carboxylic acids is 1. The lowest BCUT2D eigenvalue weighted by atomic mass is 9.94. The van der Waals surface area contributed by atoms with E-state index in [0.29, 0.717) is 12.3 Å². The zero-order valence-electron chi connectivity index (χ0n) is 11.0. The van der Waals surface area contributed by atoms with Crippen molar-refractivity contribution in [2.45, 2.75) is 57.9 Å². The molecule has 3 atom stereocenters. The molecule has 1 unspecified atom stereocenters. The van der Waals surface area contributed by atoms with Gasteiger partial charge in [0.05, 0.1) is 5.92 Å². The summed E-state index contributed by atoms with van der Waals surface area (Å²) in [6, 6.07) is -0.168. The van der Waals surface area contributed by atoms with Gasteiger partial charge in [-0.25, -0.2) is 0 Å². The number of nitrogens with one attached hydrogen (secondary N) is 1. The Morgan fingerprint density at radius 3 is 2.39 bits per heavy atom. The predicted octanol–water partition coefficient (Wildman–Crippen LogP) is 2.18. The van der Waals surface area contributed by atoms with Crippen LogP contribution in [0.15, 0.2) is 0 Å². The fourth-order valence-electron chi connectivity index (χ4n) is 2.90. The molecule has 1 amide bonds. The fraction of sp³-hybridized carbons (Fsp3) is 0.857. The van der Waals surface area contributed by atoms with Crippen LogP contribution < -0.4 is 5.32 Å². The summed E-state index contributed by atoms with van der Waals surface area (Å²) >= 11 is 0. The lowest BCUT2D eigenvalue weighted by Crippen LogP contribution is -2.45. The molecule has 0 aromatic rings. The first kappa shape index (κ1) is 13.4. The van der Waals surface area contributed by atoms with Crippen molar-refractivity contribution in [3.63, 3.8) is 0 Å². The highest BCUT2D eigenvalue weighted by atomic mass is 16.4. The van der Waals surface area contributed by atoms with E-state index in [1.54, 1.807) is 0 Å². The minimum absolute atomic E-state index is 0.0442. The van der Waals surface area contributed by atoms with Gasteiger partial charge in [0.2, 0.25) is 5.91 Å². The predicted molar refractivity (Wildman–Crippen MR) is 68.0 cm³/mol. The van der Waals surface area contributed by atoms with Gasteiger partial charge in [-0.3, -0.25) is 9.59 Å². The number of carbonyl (C=O) groups is 2. The normalized spacial score (nSPS) is 30.3. The largest absolute Gasteiger partial charge is 0.481 e. The van der Waals surface area contributed by atoms with E-state index in [1.807, 2.05) is 6.92 Å². The zero-order chi connectivity index (χ0) is 13.1. The van der Waals surface area contributed by atoms with Crippen LogP contribution in [0.1, 0.15) is 51.9 Å². The first-order valence-corrected chi connectivity index (χ1v) is 7.12. The van der Waals surface area contributed by atoms with Crippen LogP contribution in [-0.4, -0.2) is 23.0 Å². The monoisotopic (exact) mass is 253 g/mol. The summed E-state index contributed by atoms with van der Waals surface area (Å²) in [6.45, 7) is 1.96. The highest BCUT2D eigenvalue weighted by Crippen LogP contribution is 2.37. The Morgan fingerprint density at radius 1 is 1.11 bits per heavy atom. The topological polar surface area (TPSA) is 66.4 Å². The lowest BCUT2D eigenvalue weighted by molar-refractivity contribution is -0.143. The summed E-state index contributed by atoms with van der Waals surface area (Å²) in [4.78, 5) is 23.3. The van der Waals surface area contributed by atoms with Crippen LogP contribution in [0.5, 0.6) is 0 Å². The van der Waals surface area contributed by atoms with Gasteiger partial charge in [0, 0.05) is 12.0 Å². The number of carbonyl (C=O) groups excluding carboxylic acids is 1. The molecule has 0 aromatic heterocycles. The summed E-state index contributed by atoms with van der Waals surface area (Å²) in [7, 11) is 0. The number of hydrogen-bond donors (Lipinski definition) is 2. The third-order valence-electron chi connectivity index (χ3n) is 4.40. The van der Waals surface area contributed by atoms with E-state index >= 15 is 0 Å². The van der Waals surface area contributed by atoms with Crippen molar-refractivity contribution in [2.75, 3.05) is 0 Å². The quantitative estimate of drug-likeness (QED) is 0.755. The van der Waals surface area contributed by atoms with Gasteiger partial charge >= 0.3 is 5.97 Å². The summed E-state index contributed by atoms with van der Waals surface area (Å²) in [5, 5.41) is 12.2. The van der Waals surface area contributed by atoms with Crippen molar-refractivity contribution >= 4 is 11.9 Å². The zero-order valence-corrected chi connectivity index (χ0v) is 11.0. The maximum absolute atomic E-state index is 12.1. The van der Waals surface area contributed by atoms with E-state index in [4.69, 9.17) is 0 Å². The number of carboxylic acids is 1. The smallest absolute Gasteiger partial charge is 0.308 e. The van der Waals surface area contributed by atoms with Gasteiger partial charge in [-0.15, -0.1) is 0 Å². The van der Waals surface area contributed by atoms with E-state index in [9.17, 15) is 14.7 Å². The third kappa shape index (κ3) is 3.24. The Labute approximate surface area is 108 Å². The average molecular weight is 253 g/mol. The highest BCUT2D eigenvalue weighted by molar-refractivity contribution is 5.80. The minimum atomic E-state index is -0.763. The van der Waals surface area contributed by atoms with E-state index in [-0.39, 0.29) is 17.9 Å². The molecular formula is C14H23NO3. The molecule has 0 bridgehead atoms. The Hall–Kier alpha value is -1.06. The van der Waals surface area contributed by atoms with E-state index in [0.717, 1.165) is 38.5 Å². The van der Waals surface area contributed by atoms with Crippen LogP contribution in [0.3, 0.4) is 0 Å². The van der Waals surface area contributed by atoms with Gasteiger partial charge in [0.25, 0.3) is 0 Å². The Balaban J connectivity index is 1.94. The number of carboxylic acid groups (broad SMARTS) is 1. The molecule has 2 rings (SSSR count). The summed E-state index contributed by atoms with van der Waals surface area (Å²) < 4.78 is 0. The molecule has 0 spiro atoms. The van der Waals surface area contributed by atoms with E-state index in [1.165, 1.54) is 0 Å². The lowest BCUT2D eigenvalue weighted by Gasteiger charge is -2.24. The second-order valence-corrected chi connectivity index (χ2v) is 5.82. The molecule has 2 N–H and O–H groups in total. The number of rotatable bonds is 4. The van der Waals surface area contributed by atoms with Crippen LogP contribution in [0, 0.1) is 17.8 Å². The Kier molecular flexibility index (Phi) is 4.25. The second-order valence-electron chi connectivity index (χ2n) is 5.82. The molecule has 0 aromatic carbocycles.